The molecule has 1 aromatic rings. The number of carbonyl (C=O) groups excluding carboxylic acids is 2. The number of fused-ring (bicyclic) bond motifs is 2. The summed E-state index contributed by atoms with van der Waals surface area (Å²) >= 11 is 5.85. The molecular formula is C17H20ClNO3. The van der Waals surface area contributed by atoms with Crippen LogP contribution >= 0.6 is 11.6 Å². The summed E-state index contributed by atoms with van der Waals surface area (Å²) in [6, 6.07) is 6.86. The number of carbonyl (C=O) groups is 2. The van der Waals surface area contributed by atoms with Crippen LogP contribution in [0.2, 0.25) is 5.02 Å². The topological polar surface area (TPSA) is 55.4 Å². The van der Waals surface area contributed by atoms with Crippen molar-refractivity contribution in [3.63, 3.8) is 0 Å². The highest BCUT2D eigenvalue weighted by molar-refractivity contribution is 6.30. The van der Waals surface area contributed by atoms with E-state index in [1.165, 1.54) is 19.3 Å². The number of anilines is 1. The summed E-state index contributed by atoms with van der Waals surface area (Å²) in [5, 5.41) is 3.21. The van der Waals surface area contributed by atoms with E-state index in [2.05, 4.69) is 5.32 Å². The van der Waals surface area contributed by atoms with Crippen molar-refractivity contribution in [1.82, 2.24) is 0 Å². The summed E-state index contributed by atoms with van der Waals surface area (Å²) in [4.78, 5) is 23.6. The van der Waals surface area contributed by atoms with Crippen LogP contribution in [0.5, 0.6) is 0 Å². The summed E-state index contributed by atoms with van der Waals surface area (Å²) in [6.07, 6.45) is 5.43. The van der Waals surface area contributed by atoms with E-state index < -0.39 is 0 Å². The smallest absolute Gasteiger partial charge is 0.306 e. The lowest BCUT2D eigenvalue weighted by Gasteiger charge is -2.20. The van der Waals surface area contributed by atoms with Gasteiger partial charge in [-0.05, 0) is 55.2 Å². The van der Waals surface area contributed by atoms with E-state index in [0.717, 1.165) is 12.3 Å². The Balaban J connectivity index is 1.40. The average Bonchev–Trinajstić information content (AvgIpc) is 3.08. The second-order valence-electron chi connectivity index (χ2n) is 6.36. The molecule has 118 valence electrons. The molecule has 0 heterocycles. The number of ether oxygens (including phenoxy) is 1. The maximum Gasteiger partial charge on any atom is 0.306 e. The second kappa shape index (κ2) is 6.69. The van der Waals surface area contributed by atoms with Crippen molar-refractivity contribution in [3.05, 3.63) is 29.3 Å². The van der Waals surface area contributed by atoms with Gasteiger partial charge in [-0.15, -0.1) is 0 Å². The van der Waals surface area contributed by atoms with Crippen LogP contribution in [0, 0.1) is 17.8 Å². The van der Waals surface area contributed by atoms with Crippen LogP contribution in [0.1, 0.15) is 32.1 Å². The second-order valence-corrected chi connectivity index (χ2v) is 6.79. The molecule has 0 aromatic heterocycles. The molecule has 2 aliphatic rings. The van der Waals surface area contributed by atoms with Crippen LogP contribution in [0.4, 0.5) is 5.69 Å². The van der Waals surface area contributed by atoms with Gasteiger partial charge in [0, 0.05) is 17.1 Å². The fraction of sp³-hybridized carbons (Fsp3) is 0.529. The largest absolute Gasteiger partial charge is 0.456 e. The van der Waals surface area contributed by atoms with Crippen molar-refractivity contribution < 1.29 is 14.3 Å². The SMILES string of the molecule is O=C(COC(=O)C[C@@H]1C[C@H]2CC[C@@H]1C2)Nc1cccc(Cl)c1. The van der Waals surface area contributed by atoms with Gasteiger partial charge in [0.2, 0.25) is 0 Å². The molecule has 2 fully saturated rings. The molecule has 5 heteroatoms. The monoisotopic (exact) mass is 321 g/mol. The van der Waals surface area contributed by atoms with E-state index in [1.807, 2.05) is 0 Å². The van der Waals surface area contributed by atoms with Crippen LogP contribution in [-0.4, -0.2) is 18.5 Å². The van der Waals surface area contributed by atoms with Crippen molar-refractivity contribution in [2.24, 2.45) is 17.8 Å². The Labute approximate surface area is 135 Å². The Morgan fingerprint density at radius 3 is 2.82 bits per heavy atom. The van der Waals surface area contributed by atoms with Gasteiger partial charge >= 0.3 is 5.97 Å². The van der Waals surface area contributed by atoms with E-state index >= 15 is 0 Å². The lowest BCUT2D eigenvalue weighted by molar-refractivity contribution is -0.148. The third kappa shape index (κ3) is 3.80. The first-order valence-electron chi connectivity index (χ1n) is 7.81. The number of hydrogen-bond donors (Lipinski definition) is 1. The first-order valence-corrected chi connectivity index (χ1v) is 8.19. The third-order valence-electron chi connectivity index (χ3n) is 4.79. The maximum absolute atomic E-state index is 11.9. The predicted octanol–water partition coefficient (Wildman–Crippen LogP) is 3.65. The zero-order valence-electron chi connectivity index (χ0n) is 12.4. The van der Waals surface area contributed by atoms with Gasteiger partial charge in [-0.2, -0.15) is 0 Å². The minimum atomic E-state index is -0.344. The van der Waals surface area contributed by atoms with Gasteiger partial charge in [0.15, 0.2) is 6.61 Å². The minimum absolute atomic E-state index is 0.244. The molecule has 1 aromatic carbocycles. The molecule has 3 rings (SSSR count). The van der Waals surface area contributed by atoms with Crippen molar-refractivity contribution in [2.75, 3.05) is 11.9 Å². The first kappa shape index (κ1) is 15.3. The number of hydrogen-bond acceptors (Lipinski definition) is 3. The lowest BCUT2D eigenvalue weighted by Crippen LogP contribution is -2.23. The molecule has 0 radical (unpaired) electrons. The summed E-state index contributed by atoms with van der Waals surface area (Å²) in [5.74, 6) is 1.36. The molecule has 0 spiro atoms. The average molecular weight is 322 g/mol. The highest BCUT2D eigenvalue weighted by atomic mass is 35.5. The Bertz CT molecular complexity index is 575. The molecule has 3 atom stereocenters. The van der Waals surface area contributed by atoms with E-state index in [9.17, 15) is 9.59 Å². The predicted molar refractivity (Wildman–Crippen MR) is 84.6 cm³/mol. The summed E-state index contributed by atoms with van der Waals surface area (Å²) in [7, 11) is 0. The number of nitrogens with one attached hydrogen (secondary N) is 1. The van der Waals surface area contributed by atoms with Gasteiger partial charge in [-0.3, -0.25) is 9.59 Å². The van der Waals surface area contributed by atoms with Gasteiger partial charge in [0.1, 0.15) is 0 Å². The molecule has 22 heavy (non-hydrogen) atoms. The summed E-state index contributed by atoms with van der Waals surface area (Å²) in [6.45, 7) is -0.244. The zero-order valence-corrected chi connectivity index (χ0v) is 13.1. The van der Waals surface area contributed by atoms with Gasteiger partial charge in [0.05, 0.1) is 0 Å². The van der Waals surface area contributed by atoms with E-state index in [1.54, 1.807) is 24.3 Å². The van der Waals surface area contributed by atoms with Gasteiger partial charge < -0.3 is 10.1 Å². The Kier molecular flexibility index (Phi) is 4.67. The summed E-state index contributed by atoms with van der Waals surface area (Å²) in [5.41, 5.74) is 0.599. The van der Waals surface area contributed by atoms with E-state index in [-0.39, 0.29) is 18.5 Å². The number of rotatable bonds is 5. The molecule has 2 saturated carbocycles. The maximum atomic E-state index is 11.9. The van der Waals surface area contributed by atoms with Gasteiger partial charge in [-0.25, -0.2) is 0 Å². The quantitative estimate of drug-likeness (QED) is 0.842. The van der Waals surface area contributed by atoms with Crippen molar-refractivity contribution in [1.29, 1.82) is 0 Å². The molecular weight excluding hydrogens is 302 g/mol. The Morgan fingerprint density at radius 1 is 1.27 bits per heavy atom. The lowest BCUT2D eigenvalue weighted by atomic mass is 9.86. The molecule has 0 unspecified atom stereocenters. The van der Waals surface area contributed by atoms with Crippen LogP contribution in [-0.2, 0) is 14.3 Å². The molecule has 1 amide bonds. The standard InChI is InChI=1S/C17H20ClNO3/c18-14-2-1-3-15(9-14)19-16(20)10-22-17(21)8-13-7-11-4-5-12(13)6-11/h1-3,9,11-13H,4-8,10H2,(H,19,20)/t11-,12+,13-/m0/s1. The molecule has 2 aliphatic carbocycles. The number of halogens is 1. The van der Waals surface area contributed by atoms with Crippen LogP contribution in [0.15, 0.2) is 24.3 Å². The van der Waals surface area contributed by atoms with E-state index in [4.69, 9.17) is 16.3 Å². The molecule has 0 aliphatic heterocycles. The van der Waals surface area contributed by atoms with Crippen molar-refractivity contribution in [3.8, 4) is 0 Å². The van der Waals surface area contributed by atoms with Gasteiger partial charge in [0.25, 0.3) is 5.91 Å². The highest BCUT2D eigenvalue weighted by Gasteiger charge is 2.40. The number of esters is 1. The Morgan fingerprint density at radius 2 is 2.14 bits per heavy atom. The number of amides is 1. The highest BCUT2D eigenvalue weighted by Crippen LogP contribution is 2.49. The first-order chi connectivity index (χ1) is 10.6. The molecule has 1 N–H and O–H groups in total. The van der Waals surface area contributed by atoms with Gasteiger partial charge in [-0.1, -0.05) is 24.1 Å². The van der Waals surface area contributed by atoms with Crippen molar-refractivity contribution in [2.45, 2.75) is 32.1 Å². The third-order valence-corrected chi connectivity index (χ3v) is 5.02. The van der Waals surface area contributed by atoms with Crippen LogP contribution in [0.25, 0.3) is 0 Å². The van der Waals surface area contributed by atoms with Crippen molar-refractivity contribution >= 4 is 29.2 Å². The normalized spacial score (nSPS) is 26.0. The fourth-order valence-corrected chi connectivity index (χ4v) is 4.00. The van der Waals surface area contributed by atoms with Crippen LogP contribution < -0.4 is 5.32 Å². The fourth-order valence-electron chi connectivity index (χ4n) is 3.81. The van der Waals surface area contributed by atoms with Crippen LogP contribution in [0.3, 0.4) is 0 Å². The molecule has 4 nitrogen and oxygen atoms in total. The Hall–Kier alpha value is -1.55. The van der Waals surface area contributed by atoms with E-state index in [0.29, 0.717) is 29.0 Å². The minimum Gasteiger partial charge on any atom is -0.456 e. The zero-order chi connectivity index (χ0) is 15.5. The number of benzene rings is 1. The molecule has 2 bridgehead atoms. The summed E-state index contributed by atoms with van der Waals surface area (Å²) < 4.78 is 5.09. The molecule has 0 saturated heterocycles.